The summed E-state index contributed by atoms with van der Waals surface area (Å²) in [6.07, 6.45) is 0. The number of halogens is 1. The molecule has 2 aromatic rings. The van der Waals surface area contributed by atoms with Crippen molar-refractivity contribution < 1.29 is 4.39 Å². The van der Waals surface area contributed by atoms with Gasteiger partial charge in [-0.05, 0) is 49.6 Å². The van der Waals surface area contributed by atoms with Crippen molar-refractivity contribution in [2.24, 2.45) is 0 Å². The van der Waals surface area contributed by atoms with Crippen LogP contribution in [0.1, 0.15) is 29.7 Å². The van der Waals surface area contributed by atoms with Crippen LogP contribution < -0.4 is 5.32 Å². The molecule has 2 rings (SSSR count). The molecule has 0 aromatic heterocycles. The quantitative estimate of drug-likeness (QED) is 0.829. The molecular weight excluding hydrogens is 225 g/mol. The van der Waals surface area contributed by atoms with Crippen molar-refractivity contribution >= 4 is 5.69 Å². The first-order valence-electron chi connectivity index (χ1n) is 6.16. The highest BCUT2D eigenvalue weighted by Gasteiger charge is 2.08. The maximum absolute atomic E-state index is 13.5. The number of hydrogen-bond acceptors (Lipinski definition) is 1. The van der Waals surface area contributed by atoms with Crippen LogP contribution in [-0.2, 0) is 0 Å². The Morgan fingerprint density at radius 1 is 1.00 bits per heavy atom. The van der Waals surface area contributed by atoms with E-state index in [0.29, 0.717) is 5.56 Å². The van der Waals surface area contributed by atoms with Crippen molar-refractivity contribution in [3.05, 3.63) is 65.0 Å². The fraction of sp³-hybridized carbons (Fsp3) is 0.250. The molecule has 0 fully saturated rings. The monoisotopic (exact) mass is 243 g/mol. The van der Waals surface area contributed by atoms with Gasteiger partial charge in [0.15, 0.2) is 0 Å². The minimum absolute atomic E-state index is 0.160. The molecule has 18 heavy (non-hydrogen) atoms. The van der Waals surface area contributed by atoms with E-state index in [1.807, 2.05) is 18.2 Å². The van der Waals surface area contributed by atoms with Gasteiger partial charge < -0.3 is 5.32 Å². The van der Waals surface area contributed by atoms with Gasteiger partial charge in [0.1, 0.15) is 5.82 Å². The van der Waals surface area contributed by atoms with Gasteiger partial charge in [-0.25, -0.2) is 4.39 Å². The third-order valence-electron chi connectivity index (χ3n) is 3.21. The molecule has 1 unspecified atom stereocenters. The summed E-state index contributed by atoms with van der Waals surface area (Å²) in [5, 5.41) is 3.33. The molecule has 1 N–H and O–H groups in total. The number of rotatable bonds is 3. The zero-order valence-electron chi connectivity index (χ0n) is 11.0. The molecule has 0 radical (unpaired) electrons. The van der Waals surface area contributed by atoms with E-state index in [0.717, 1.165) is 5.69 Å². The third kappa shape index (κ3) is 2.70. The summed E-state index contributed by atoms with van der Waals surface area (Å²) in [5.74, 6) is -0.169. The minimum Gasteiger partial charge on any atom is -0.378 e. The predicted octanol–water partition coefficient (Wildman–Crippen LogP) is 4.62. The molecule has 0 aliphatic carbocycles. The van der Waals surface area contributed by atoms with Gasteiger partial charge in [-0.2, -0.15) is 0 Å². The molecule has 0 bridgehead atoms. The lowest BCUT2D eigenvalue weighted by Crippen LogP contribution is -2.08. The first kappa shape index (κ1) is 12.6. The number of benzene rings is 2. The summed E-state index contributed by atoms with van der Waals surface area (Å²) in [6, 6.07) is 13.6. The SMILES string of the molecule is Cc1ccc(NC(C)c2ccccc2C)cc1F. The van der Waals surface area contributed by atoms with Crippen molar-refractivity contribution in [1.29, 1.82) is 0 Å². The Morgan fingerprint density at radius 3 is 2.39 bits per heavy atom. The maximum atomic E-state index is 13.5. The molecular formula is C16H18FN. The van der Waals surface area contributed by atoms with Crippen molar-refractivity contribution in [3.8, 4) is 0 Å². The van der Waals surface area contributed by atoms with Crippen LogP contribution in [0.5, 0.6) is 0 Å². The van der Waals surface area contributed by atoms with Gasteiger partial charge in [0.2, 0.25) is 0 Å². The highest BCUT2D eigenvalue weighted by molar-refractivity contribution is 5.47. The summed E-state index contributed by atoms with van der Waals surface area (Å²) in [7, 11) is 0. The van der Waals surface area contributed by atoms with Gasteiger partial charge in [0, 0.05) is 11.7 Å². The Morgan fingerprint density at radius 2 is 1.72 bits per heavy atom. The van der Waals surface area contributed by atoms with Crippen LogP contribution in [0.15, 0.2) is 42.5 Å². The Hall–Kier alpha value is -1.83. The Labute approximate surface area is 108 Å². The zero-order chi connectivity index (χ0) is 13.1. The maximum Gasteiger partial charge on any atom is 0.128 e. The largest absolute Gasteiger partial charge is 0.378 e. The van der Waals surface area contributed by atoms with Crippen molar-refractivity contribution in [1.82, 2.24) is 0 Å². The molecule has 94 valence electrons. The van der Waals surface area contributed by atoms with E-state index in [-0.39, 0.29) is 11.9 Å². The Balaban J connectivity index is 2.19. The highest BCUT2D eigenvalue weighted by atomic mass is 19.1. The fourth-order valence-corrected chi connectivity index (χ4v) is 2.08. The molecule has 0 spiro atoms. The average molecular weight is 243 g/mol. The van der Waals surface area contributed by atoms with Gasteiger partial charge in [0.25, 0.3) is 0 Å². The van der Waals surface area contributed by atoms with Crippen molar-refractivity contribution in [2.75, 3.05) is 5.32 Å². The zero-order valence-corrected chi connectivity index (χ0v) is 11.0. The standard InChI is InChI=1S/C16H18FN/c1-11-6-4-5-7-15(11)13(3)18-14-9-8-12(2)16(17)10-14/h4-10,13,18H,1-3H3. The predicted molar refractivity (Wildman–Crippen MR) is 74.4 cm³/mol. The number of hydrogen-bond donors (Lipinski definition) is 1. The molecule has 0 heterocycles. The lowest BCUT2D eigenvalue weighted by Gasteiger charge is -2.18. The molecule has 0 saturated carbocycles. The molecule has 0 saturated heterocycles. The van der Waals surface area contributed by atoms with Crippen LogP contribution in [0.4, 0.5) is 10.1 Å². The number of anilines is 1. The van der Waals surface area contributed by atoms with Crippen LogP contribution in [0.3, 0.4) is 0 Å². The highest BCUT2D eigenvalue weighted by Crippen LogP contribution is 2.23. The molecule has 2 aromatic carbocycles. The third-order valence-corrected chi connectivity index (χ3v) is 3.21. The molecule has 1 atom stereocenters. The summed E-state index contributed by atoms with van der Waals surface area (Å²) in [6.45, 7) is 5.94. The molecule has 2 heteroatoms. The fourth-order valence-electron chi connectivity index (χ4n) is 2.08. The van der Waals surface area contributed by atoms with Crippen LogP contribution in [0.25, 0.3) is 0 Å². The lowest BCUT2D eigenvalue weighted by molar-refractivity contribution is 0.618. The summed E-state index contributed by atoms with van der Waals surface area (Å²) >= 11 is 0. The number of nitrogens with one attached hydrogen (secondary N) is 1. The first-order valence-corrected chi connectivity index (χ1v) is 6.16. The Kier molecular flexibility index (Phi) is 3.66. The van der Waals surface area contributed by atoms with Crippen molar-refractivity contribution in [3.63, 3.8) is 0 Å². The van der Waals surface area contributed by atoms with E-state index in [1.54, 1.807) is 19.1 Å². The normalized spacial score (nSPS) is 12.2. The van der Waals surface area contributed by atoms with Gasteiger partial charge in [-0.15, -0.1) is 0 Å². The second-order valence-electron chi connectivity index (χ2n) is 4.69. The van der Waals surface area contributed by atoms with Crippen molar-refractivity contribution in [2.45, 2.75) is 26.8 Å². The van der Waals surface area contributed by atoms with E-state index >= 15 is 0 Å². The van der Waals surface area contributed by atoms with E-state index in [1.165, 1.54) is 11.1 Å². The minimum atomic E-state index is -0.169. The smallest absolute Gasteiger partial charge is 0.128 e. The van der Waals surface area contributed by atoms with Crippen LogP contribution >= 0.6 is 0 Å². The molecule has 0 aliphatic rings. The van der Waals surface area contributed by atoms with E-state index in [2.05, 4.69) is 31.3 Å². The van der Waals surface area contributed by atoms with Crippen LogP contribution in [0.2, 0.25) is 0 Å². The molecule has 0 aliphatic heterocycles. The summed E-state index contributed by atoms with van der Waals surface area (Å²) in [5.41, 5.74) is 3.96. The first-order chi connectivity index (χ1) is 8.58. The lowest BCUT2D eigenvalue weighted by atomic mass is 10.0. The van der Waals surface area contributed by atoms with Gasteiger partial charge in [-0.1, -0.05) is 30.3 Å². The van der Waals surface area contributed by atoms with E-state index < -0.39 is 0 Å². The number of aryl methyl sites for hydroxylation is 2. The molecule has 1 nitrogen and oxygen atoms in total. The summed E-state index contributed by atoms with van der Waals surface area (Å²) in [4.78, 5) is 0. The van der Waals surface area contributed by atoms with Gasteiger partial charge in [-0.3, -0.25) is 0 Å². The van der Waals surface area contributed by atoms with E-state index in [4.69, 9.17) is 0 Å². The Bertz CT molecular complexity index is 549. The van der Waals surface area contributed by atoms with Crippen LogP contribution in [-0.4, -0.2) is 0 Å². The topological polar surface area (TPSA) is 12.0 Å². The van der Waals surface area contributed by atoms with E-state index in [9.17, 15) is 4.39 Å². The second kappa shape index (κ2) is 5.21. The van der Waals surface area contributed by atoms with Gasteiger partial charge in [0.05, 0.1) is 0 Å². The van der Waals surface area contributed by atoms with Crippen LogP contribution in [0, 0.1) is 19.7 Å². The summed E-state index contributed by atoms with van der Waals surface area (Å²) < 4.78 is 13.5. The second-order valence-corrected chi connectivity index (χ2v) is 4.69. The molecule has 0 amide bonds. The average Bonchev–Trinajstić information content (AvgIpc) is 2.34. The van der Waals surface area contributed by atoms with Gasteiger partial charge >= 0.3 is 0 Å².